The van der Waals surface area contributed by atoms with Gasteiger partial charge in [0.2, 0.25) is 10.0 Å². The Balaban J connectivity index is 1.93. The van der Waals surface area contributed by atoms with Crippen LogP contribution in [-0.2, 0) is 14.8 Å². The predicted molar refractivity (Wildman–Crippen MR) is 66.8 cm³/mol. The Hall–Kier alpha value is -0.660. The van der Waals surface area contributed by atoms with E-state index in [-0.39, 0.29) is 12.6 Å². The molecular weight excluding hydrogens is 256 g/mol. The molecule has 0 unspecified atom stereocenters. The van der Waals surface area contributed by atoms with Crippen molar-refractivity contribution in [2.45, 2.75) is 37.8 Å². The molecule has 1 saturated carbocycles. The molecule has 0 bridgehead atoms. The minimum atomic E-state index is -3.10. The van der Waals surface area contributed by atoms with Crippen LogP contribution in [0.15, 0.2) is 0 Å². The van der Waals surface area contributed by atoms with Gasteiger partial charge in [-0.05, 0) is 25.7 Å². The summed E-state index contributed by atoms with van der Waals surface area (Å²) in [4.78, 5) is 12.9. The monoisotopic (exact) mass is 276 g/mol. The Labute approximate surface area is 108 Å². The molecule has 18 heavy (non-hydrogen) atoms. The molecule has 0 atom stereocenters. The number of hydrogen-bond acceptors (Lipinski definition) is 4. The van der Waals surface area contributed by atoms with Gasteiger partial charge in [0.15, 0.2) is 0 Å². The number of nitrogens with zero attached hydrogens (tertiary/aromatic N) is 2. The molecule has 104 valence electrons. The topological polar surface area (TPSA) is 77.9 Å². The van der Waals surface area contributed by atoms with Gasteiger partial charge in [0.25, 0.3) is 0 Å². The van der Waals surface area contributed by atoms with Crippen LogP contribution in [0.5, 0.6) is 0 Å². The number of carboxylic acids is 1. The van der Waals surface area contributed by atoms with Crippen molar-refractivity contribution < 1.29 is 18.3 Å². The van der Waals surface area contributed by atoms with E-state index >= 15 is 0 Å². The Morgan fingerprint density at radius 2 is 1.72 bits per heavy atom. The third-order valence-electron chi connectivity index (χ3n) is 3.70. The molecule has 7 heteroatoms. The molecule has 2 aliphatic rings. The van der Waals surface area contributed by atoms with Crippen LogP contribution < -0.4 is 0 Å². The van der Waals surface area contributed by atoms with E-state index in [1.165, 1.54) is 10.6 Å². The lowest BCUT2D eigenvalue weighted by atomic mass is 10.0. The molecule has 0 aromatic carbocycles. The van der Waals surface area contributed by atoms with Crippen molar-refractivity contribution in [1.82, 2.24) is 9.21 Å². The van der Waals surface area contributed by atoms with Crippen molar-refractivity contribution in [3.63, 3.8) is 0 Å². The van der Waals surface area contributed by atoms with Crippen molar-refractivity contribution in [3.8, 4) is 0 Å². The first-order valence-electron chi connectivity index (χ1n) is 6.30. The van der Waals surface area contributed by atoms with Crippen molar-refractivity contribution in [2.75, 3.05) is 25.9 Å². The van der Waals surface area contributed by atoms with Gasteiger partial charge in [-0.2, -0.15) is 0 Å². The van der Waals surface area contributed by atoms with Crippen LogP contribution in [0.25, 0.3) is 0 Å². The van der Waals surface area contributed by atoms with Crippen molar-refractivity contribution in [3.05, 3.63) is 0 Å². The van der Waals surface area contributed by atoms with Crippen LogP contribution in [0.3, 0.4) is 0 Å². The maximum Gasteiger partial charge on any atom is 0.317 e. The normalized spacial score (nSPS) is 23.4. The summed E-state index contributed by atoms with van der Waals surface area (Å²) in [5.74, 6) is -0.799. The molecule has 1 aliphatic carbocycles. The highest BCUT2D eigenvalue weighted by Crippen LogP contribution is 2.31. The first-order chi connectivity index (χ1) is 8.38. The lowest BCUT2D eigenvalue weighted by Gasteiger charge is -2.37. The second kappa shape index (κ2) is 5.14. The van der Waals surface area contributed by atoms with Gasteiger partial charge in [0.05, 0.1) is 12.8 Å². The van der Waals surface area contributed by atoms with E-state index in [0.717, 1.165) is 25.7 Å². The summed E-state index contributed by atoms with van der Waals surface area (Å²) in [5, 5.41) is 8.92. The molecular formula is C11H20N2O4S. The molecule has 0 aromatic heterocycles. The molecule has 0 radical (unpaired) electrons. The SMILES string of the molecule is CS(=O)(=O)N1CCC(N(CC(=O)O)C2CC2)CC1. The summed E-state index contributed by atoms with van der Waals surface area (Å²) < 4.78 is 24.3. The van der Waals surface area contributed by atoms with Gasteiger partial charge < -0.3 is 5.11 Å². The number of aliphatic carboxylic acids is 1. The summed E-state index contributed by atoms with van der Waals surface area (Å²) in [6, 6.07) is 0.613. The third kappa shape index (κ3) is 3.43. The van der Waals surface area contributed by atoms with Crippen LogP contribution in [0.1, 0.15) is 25.7 Å². The number of rotatable bonds is 5. The fraction of sp³-hybridized carbons (Fsp3) is 0.909. The first-order valence-corrected chi connectivity index (χ1v) is 8.15. The van der Waals surface area contributed by atoms with Crippen LogP contribution in [-0.4, -0.2) is 66.7 Å². The first kappa shape index (κ1) is 13.8. The van der Waals surface area contributed by atoms with Crippen LogP contribution in [0.2, 0.25) is 0 Å². The molecule has 6 nitrogen and oxygen atoms in total. The molecule has 1 saturated heterocycles. The van der Waals surface area contributed by atoms with Crippen molar-refractivity contribution >= 4 is 16.0 Å². The average Bonchev–Trinajstić information content (AvgIpc) is 3.08. The molecule has 1 aliphatic heterocycles. The molecule has 0 amide bonds. The zero-order valence-corrected chi connectivity index (χ0v) is 11.4. The zero-order chi connectivity index (χ0) is 13.3. The second-order valence-corrected chi connectivity index (χ2v) is 7.17. The summed E-state index contributed by atoms with van der Waals surface area (Å²) in [5.41, 5.74) is 0. The van der Waals surface area contributed by atoms with E-state index in [1.807, 2.05) is 4.90 Å². The second-order valence-electron chi connectivity index (χ2n) is 5.19. The van der Waals surface area contributed by atoms with E-state index in [9.17, 15) is 13.2 Å². The van der Waals surface area contributed by atoms with Gasteiger partial charge in [-0.1, -0.05) is 0 Å². The Morgan fingerprint density at radius 3 is 2.11 bits per heavy atom. The van der Waals surface area contributed by atoms with Gasteiger partial charge in [-0.25, -0.2) is 12.7 Å². The lowest BCUT2D eigenvalue weighted by Crippen LogP contribution is -2.48. The van der Waals surface area contributed by atoms with E-state index < -0.39 is 16.0 Å². The molecule has 2 fully saturated rings. The number of carboxylic acid groups (broad SMARTS) is 1. The highest BCUT2D eigenvalue weighted by atomic mass is 32.2. The van der Waals surface area contributed by atoms with Gasteiger partial charge in [0, 0.05) is 25.2 Å². The number of carbonyl (C=O) groups is 1. The molecule has 1 N–H and O–H groups in total. The van der Waals surface area contributed by atoms with Gasteiger partial charge in [-0.15, -0.1) is 0 Å². The van der Waals surface area contributed by atoms with E-state index in [1.54, 1.807) is 0 Å². The molecule has 1 heterocycles. The van der Waals surface area contributed by atoms with E-state index in [0.29, 0.717) is 19.1 Å². The van der Waals surface area contributed by atoms with E-state index in [4.69, 9.17) is 5.11 Å². The minimum Gasteiger partial charge on any atom is -0.480 e. The third-order valence-corrected chi connectivity index (χ3v) is 5.00. The predicted octanol–water partition coefficient (Wildman–Crippen LogP) is -0.0406. The van der Waals surface area contributed by atoms with Gasteiger partial charge in [0.1, 0.15) is 0 Å². The van der Waals surface area contributed by atoms with Crippen LogP contribution in [0, 0.1) is 0 Å². The van der Waals surface area contributed by atoms with Gasteiger partial charge in [-0.3, -0.25) is 9.69 Å². The maximum absolute atomic E-state index is 11.4. The lowest BCUT2D eigenvalue weighted by molar-refractivity contribution is -0.139. The average molecular weight is 276 g/mol. The molecule has 2 rings (SSSR count). The summed E-state index contributed by atoms with van der Waals surface area (Å²) >= 11 is 0. The standard InChI is InChI=1S/C11H20N2O4S/c1-18(16,17)12-6-4-10(5-7-12)13(8-11(14)15)9-2-3-9/h9-10H,2-8H2,1H3,(H,14,15). The summed E-state index contributed by atoms with van der Waals surface area (Å²) in [7, 11) is -3.10. The van der Waals surface area contributed by atoms with Crippen LogP contribution in [0.4, 0.5) is 0 Å². The number of hydrogen-bond donors (Lipinski definition) is 1. The summed E-state index contributed by atoms with van der Waals surface area (Å²) in [6.45, 7) is 1.09. The Bertz CT molecular complexity index is 411. The largest absolute Gasteiger partial charge is 0.480 e. The smallest absolute Gasteiger partial charge is 0.317 e. The maximum atomic E-state index is 11.4. The molecule has 0 aromatic rings. The summed E-state index contributed by atoms with van der Waals surface area (Å²) in [6.07, 6.45) is 4.83. The minimum absolute atomic E-state index is 0.0776. The molecule has 0 spiro atoms. The number of piperidine rings is 1. The van der Waals surface area contributed by atoms with Gasteiger partial charge >= 0.3 is 5.97 Å². The highest BCUT2D eigenvalue weighted by molar-refractivity contribution is 7.88. The fourth-order valence-electron chi connectivity index (χ4n) is 2.62. The van der Waals surface area contributed by atoms with Crippen molar-refractivity contribution in [2.24, 2.45) is 0 Å². The quantitative estimate of drug-likeness (QED) is 0.762. The Morgan fingerprint density at radius 1 is 1.22 bits per heavy atom. The van der Waals surface area contributed by atoms with Crippen molar-refractivity contribution in [1.29, 1.82) is 0 Å². The fourth-order valence-corrected chi connectivity index (χ4v) is 3.50. The highest BCUT2D eigenvalue weighted by Gasteiger charge is 2.37. The Kier molecular flexibility index (Phi) is 3.93. The number of sulfonamides is 1. The van der Waals surface area contributed by atoms with Crippen LogP contribution >= 0.6 is 0 Å². The zero-order valence-electron chi connectivity index (χ0n) is 10.6. The van der Waals surface area contributed by atoms with E-state index in [2.05, 4.69) is 0 Å².